The molecule has 1 unspecified atom stereocenters. The highest BCUT2D eigenvalue weighted by molar-refractivity contribution is 6.38. The van der Waals surface area contributed by atoms with Crippen molar-refractivity contribution in [3.05, 3.63) is 66.0 Å². The Morgan fingerprint density at radius 2 is 1.62 bits per heavy atom. The van der Waals surface area contributed by atoms with Crippen molar-refractivity contribution in [2.24, 2.45) is 11.3 Å². The number of Topliss-reactive ketones (excluding diaryl/α,β-unsaturated/α-hetero) is 1. The highest BCUT2D eigenvalue weighted by Gasteiger charge is 2.63. The summed E-state index contributed by atoms with van der Waals surface area (Å²) in [6, 6.07) is 13.1. The van der Waals surface area contributed by atoms with Crippen molar-refractivity contribution in [2.45, 2.75) is 75.4 Å². The Kier molecular flexibility index (Phi) is 7.22. The second-order valence-corrected chi connectivity index (χ2v) is 11.1. The van der Waals surface area contributed by atoms with Gasteiger partial charge in [0.1, 0.15) is 11.6 Å². The lowest BCUT2D eigenvalue weighted by atomic mass is 9.82. The molecule has 3 amide bonds. The number of pyridine rings is 1. The second-order valence-electron chi connectivity index (χ2n) is 11.1. The van der Waals surface area contributed by atoms with Crippen LogP contribution in [0.4, 0.5) is 8.78 Å². The summed E-state index contributed by atoms with van der Waals surface area (Å²) in [6.45, 7) is 0.0620. The summed E-state index contributed by atoms with van der Waals surface area (Å²) in [7, 11) is 0. The number of nitrogens with zero attached hydrogens (tertiary/aromatic N) is 1. The molecule has 8 nitrogen and oxygen atoms in total. The summed E-state index contributed by atoms with van der Waals surface area (Å²) in [5.74, 6) is -5.51. The van der Waals surface area contributed by atoms with Gasteiger partial charge in [-0.1, -0.05) is 36.4 Å². The first-order chi connectivity index (χ1) is 18.6. The molecule has 10 heteroatoms. The lowest BCUT2D eigenvalue weighted by Gasteiger charge is -2.29. The first-order valence-electron chi connectivity index (χ1n) is 13.4. The quantitative estimate of drug-likeness (QED) is 0.402. The molecule has 3 N–H and O–H groups in total. The Morgan fingerprint density at radius 3 is 2.26 bits per heavy atom. The van der Waals surface area contributed by atoms with E-state index in [9.17, 15) is 28.0 Å². The summed E-state index contributed by atoms with van der Waals surface area (Å²) < 4.78 is 27.2. The third-order valence-corrected chi connectivity index (χ3v) is 8.32. The minimum atomic E-state index is -2.67. The summed E-state index contributed by atoms with van der Waals surface area (Å²) >= 11 is 0. The zero-order valence-corrected chi connectivity index (χ0v) is 21.6. The molecule has 1 heterocycles. The molecule has 0 saturated heterocycles. The molecule has 2 aromatic rings. The summed E-state index contributed by atoms with van der Waals surface area (Å²) in [5.41, 5.74) is -0.201. The van der Waals surface area contributed by atoms with E-state index in [0.29, 0.717) is 37.8 Å². The van der Waals surface area contributed by atoms with Crippen LogP contribution in [0, 0.1) is 11.3 Å². The van der Waals surface area contributed by atoms with Crippen molar-refractivity contribution >= 4 is 23.5 Å². The van der Waals surface area contributed by atoms with Gasteiger partial charge in [-0.2, -0.15) is 0 Å². The number of amides is 3. The van der Waals surface area contributed by atoms with Gasteiger partial charge in [-0.05, 0) is 55.2 Å². The molecule has 0 aliphatic heterocycles. The maximum absolute atomic E-state index is 13.6. The number of ketones is 1. The van der Waals surface area contributed by atoms with E-state index in [-0.39, 0.29) is 37.6 Å². The van der Waals surface area contributed by atoms with Crippen molar-refractivity contribution in [2.75, 3.05) is 0 Å². The minimum absolute atomic E-state index is 0.0620. The average molecular weight is 539 g/mol. The number of carbonyl (C=O) groups is 4. The van der Waals surface area contributed by atoms with Gasteiger partial charge >= 0.3 is 0 Å². The van der Waals surface area contributed by atoms with Crippen LogP contribution >= 0.6 is 0 Å². The molecule has 3 fully saturated rings. The zero-order valence-electron chi connectivity index (χ0n) is 21.6. The molecular weight excluding hydrogens is 506 g/mol. The fourth-order valence-corrected chi connectivity index (χ4v) is 5.52. The molecule has 0 radical (unpaired) electrons. The molecule has 3 aliphatic carbocycles. The normalized spacial score (nSPS) is 22.3. The van der Waals surface area contributed by atoms with Crippen LogP contribution < -0.4 is 16.0 Å². The molecule has 39 heavy (non-hydrogen) atoms. The number of hydrogen-bond donors (Lipinski definition) is 3. The van der Waals surface area contributed by atoms with Crippen molar-refractivity contribution in [3.63, 3.8) is 0 Å². The van der Waals surface area contributed by atoms with Crippen LogP contribution in [-0.4, -0.2) is 46.0 Å². The van der Waals surface area contributed by atoms with Crippen molar-refractivity contribution in [3.8, 4) is 0 Å². The van der Waals surface area contributed by atoms with Gasteiger partial charge in [-0.25, -0.2) is 8.78 Å². The summed E-state index contributed by atoms with van der Waals surface area (Å²) in [4.78, 5) is 56.4. The van der Waals surface area contributed by atoms with Crippen LogP contribution in [-0.2, 0) is 32.1 Å². The van der Waals surface area contributed by atoms with E-state index in [1.807, 2.05) is 6.07 Å². The Hall–Kier alpha value is -3.69. The fourth-order valence-electron chi connectivity index (χ4n) is 5.52. The number of benzene rings is 1. The first kappa shape index (κ1) is 26.9. The highest BCUT2D eigenvalue weighted by Crippen LogP contribution is 2.63. The maximum Gasteiger partial charge on any atom is 0.289 e. The molecular formula is C29H32F2N4O4. The molecule has 3 aliphatic rings. The third kappa shape index (κ3) is 6.15. The number of halogens is 2. The Labute approximate surface area is 225 Å². The molecule has 1 spiro atoms. The maximum atomic E-state index is 13.6. The standard InChI is InChI=1S/C29H32F2N4O4/c30-29(31)13-9-27(10-14-29)17-21(27)24(37)35-28(11-12-28)26(39)34-22(16-19-6-2-1-3-7-19)23(36)25(38)33-18-20-8-4-5-15-32-20/h1-8,15,21-22H,9-14,16-18H2,(H,33,38)(H,34,39)(H,35,37)/t21?,22-/m1/s1. The van der Waals surface area contributed by atoms with Crippen molar-refractivity contribution in [1.29, 1.82) is 0 Å². The van der Waals surface area contributed by atoms with Crippen molar-refractivity contribution in [1.82, 2.24) is 20.9 Å². The van der Waals surface area contributed by atoms with Gasteiger partial charge in [0, 0.05) is 31.4 Å². The van der Waals surface area contributed by atoms with Gasteiger partial charge < -0.3 is 16.0 Å². The molecule has 3 saturated carbocycles. The predicted octanol–water partition coefficient (Wildman–Crippen LogP) is 2.86. The van der Waals surface area contributed by atoms with Crippen LogP contribution in [0.3, 0.4) is 0 Å². The minimum Gasteiger partial charge on any atom is -0.344 e. The Bertz CT molecular complexity index is 1240. The predicted molar refractivity (Wildman–Crippen MR) is 137 cm³/mol. The molecule has 1 aromatic carbocycles. The van der Waals surface area contributed by atoms with Crippen LogP contribution in [0.25, 0.3) is 0 Å². The topological polar surface area (TPSA) is 117 Å². The van der Waals surface area contributed by atoms with Crippen LogP contribution in [0.2, 0.25) is 0 Å². The SMILES string of the molecule is O=C(NCc1ccccn1)C(=O)[C@@H](Cc1ccccc1)NC(=O)C1(NC(=O)C2CC23CCC(F)(F)CC3)CC1. The van der Waals surface area contributed by atoms with E-state index in [2.05, 4.69) is 20.9 Å². The van der Waals surface area contributed by atoms with Crippen LogP contribution in [0.5, 0.6) is 0 Å². The summed E-state index contributed by atoms with van der Waals surface area (Å²) in [6.07, 6.45) is 3.23. The smallest absolute Gasteiger partial charge is 0.289 e. The highest BCUT2D eigenvalue weighted by atomic mass is 19.3. The first-order valence-corrected chi connectivity index (χ1v) is 13.4. The lowest BCUT2D eigenvalue weighted by molar-refractivity contribution is -0.140. The van der Waals surface area contributed by atoms with Crippen molar-refractivity contribution < 1.29 is 28.0 Å². The molecule has 1 aromatic heterocycles. The van der Waals surface area contributed by atoms with Crippen LogP contribution in [0.15, 0.2) is 54.7 Å². The van der Waals surface area contributed by atoms with Gasteiger partial charge in [0.15, 0.2) is 0 Å². The third-order valence-electron chi connectivity index (χ3n) is 8.32. The van der Waals surface area contributed by atoms with E-state index in [1.54, 1.807) is 48.7 Å². The van der Waals surface area contributed by atoms with Gasteiger partial charge in [0.05, 0.1) is 12.2 Å². The number of nitrogens with one attached hydrogen (secondary N) is 3. The van der Waals surface area contributed by atoms with E-state index in [1.165, 1.54) is 0 Å². The molecule has 5 rings (SSSR count). The summed E-state index contributed by atoms with van der Waals surface area (Å²) in [5, 5.41) is 8.12. The van der Waals surface area contributed by atoms with E-state index in [0.717, 1.165) is 5.56 Å². The van der Waals surface area contributed by atoms with E-state index < -0.39 is 40.5 Å². The lowest BCUT2D eigenvalue weighted by Crippen LogP contribution is -2.56. The fraction of sp³-hybridized carbons (Fsp3) is 0.483. The number of carbonyl (C=O) groups excluding carboxylic acids is 4. The number of rotatable bonds is 10. The van der Waals surface area contributed by atoms with Gasteiger partial charge in [0.25, 0.3) is 5.91 Å². The zero-order chi connectivity index (χ0) is 27.7. The second kappa shape index (κ2) is 10.5. The van der Waals surface area contributed by atoms with Gasteiger partial charge in [-0.3, -0.25) is 24.2 Å². The molecule has 0 bridgehead atoms. The Morgan fingerprint density at radius 1 is 0.923 bits per heavy atom. The number of alkyl halides is 2. The van der Waals surface area contributed by atoms with Crippen LogP contribution in [0.1, 0.15) is 56.2 Å². The van der Waals surface area contributed by atoms with Gasteiger partial charge in [-0.15, -0.1) is 0 Å². The van der Waals surface area contributed by atoms with E-state index in [4.69, 9.17) is 0 Å². The molecule has 2 atom stereocenters. The molecule has 206 valence electrons. The Balaban J connectivity index is 1.22. The van der Waals surface area contributed by atoms with E-state index >= 15 is 0 Å². The average Bonchev–Trinajstić information content (AvgIpc) is 3.86. The van der Waals surface area contributed by atoms with Gasteiger partial charge in [0.2, 0.25) is 23.5 Å². The monoisotopic (exact) mass is 538 g/mol. The largest absolute Gasteiger partial charge is 0.344 e. The number of aromatic nitrogens is 1. The number of hydrogen-bond acceptors (Lipinski definition) is 5.